The molecule has 5 N–H and O–H groups in total. The number of carbonyl (C=O) groups excluding carboxylic acids is 1. The predicted octanol–water partition coefficient (Wildman–Crippen LogP) is 2.06. The molecule has 0 saturated carbocycles. The zero-order valence-corrected chi connectivity index (χ0v) is 14.7. The van der Waals surface area contributed by atoms with Gasteiger partial charge in [-0.25, -0.2) is 5.43 Å². The SMILES string of the molecule is CC1=CCC(C(=O)Nc2cccc(C3(C)CCSC(N)=N3)c2)NN1. The van der Waals surface area contributed by atoms with Crippen LogP contribution in [0.4, 0.5) is 5.69 Å². The molecule has 1 aromatic carbocycles. The molecule has 2 aliphatic rings. The summed E-state index contributed by atoms with van der Waals surface area (Å²) < 4.78 is 0. The predicted molar refractivity (Wildman–Crippen MR) is 99.6 cm³/mol. The Morgan fingerprint density at radius 1 is 1.50 bits per heavy atom. The van der Waals surface area contributed by atoms with Crippen LogP contribution in [0.25, 0.3) is 0 Å². The third-order valence-corrected chi connectivity index (χ3v) is 5.16. The minimum atomic E-state index is -0.333. The molecular formula is C17H23N5OS. The van der Waals surface area contributed by atoms with E-state index in [1.165, 1.54) is 0 Å². The second-order valence-electron chi connectivity index (χ2n) is 6.34. The van der Waals surface area contributed by atoms with Gasteiger partial charge in [-0.15, -0.1) is 0 Å². The summed E-state index contributed by atoms with van der Waals surface area (Å²) in [5, 5.41) is 3.60. The Labute approximate surface area is 146 Å². The van der Waals surface area contributed by atoms with Crippen molar-refractivity contribution in [1.82, 2.24) is 10.9 Å². The van der Waals surface area contributed by atoms with Crippen LogP contribution in [-0.2, 0) is 10.3 Å². The van der Waals surface area contributed by atoms with Gasteiger partial charge in [-0.05, 0) is 44.4 Å². The van der Waals surface area contributed by atoms with Crippen molar-refractivity contribution in [3.8, 4) is 0 Å². The lowest BCUT2D eigenvalue weighted by molar-refractivity contribution is -0.118. The number of nitrogens with two attached hydrogens (primary N) is 1. The Bertz CT molecular complexity index is 702. The number of carbonyl (C=O) groups is 1. The lowest BCUT2D eigenvalue weighted by Gasteiger charge is -2.30. The van der Waals surface area contributed by atoms with Crippen LogP contribution in [0.5, 0.6) is 0 Å². The molecule has 2 heterocycles. The molecule has 0 radical (unpaired) electrons. The van der Waals surface area contributed by atoms with Crippen molar-refractivity contribution in [2.24, 2.45) is 10.7 Å². The fourth-order valence-electron chi connectivity index (χ4n) is 2.83. The average Bonchev–Trinajstić information content (AvgIpc) is 2.55. The number of amidine groups is 1. The van der Waals surface area contributed by atoms with Crippen LogP contribution in [0, 0.1) is 0 Å². The highest BCUT2D eigenvalue weighted by molar-refractivity contribution is 8.13. The minimum Gasteiger partial charge on any atom is -0.379 e. The van der Waals surface area contributed by atoms with Crippen molar-refractivity contribution in [1.29, 1.82) is 0 Å². The van der Waals surface area contributed by atoms with E-state index in [-0.39, 0.29) is 17.5 Å². The first-order valence-electron chi connectivity index (χ1n) is 8.04. The van der Waals surface area contributed by atoms with Crippen LogP contribution in [0.2, 0.25) is 0 Å². The van der Waals surface area contributed by atoms with E-state index in [1.54, 1.807) is 11.8 Å². The topological polar surface area (TPSA) is 91.5 Å². The zero-order chi connectivity index (χ0) is 17.2. The van der Waals surface area contributed by atoms with Crippen LogP contribution in [0.1, 0.15) is 32.3 Å². The first-order chi connectivity index (χ1) is 11.5. The number of hydrazine groups is 1. The summed E-state index contributed by atoms with van der Waals surface area (Å²) in [6.07, 6.45) is 3.60. The van der Waals surface area contributed by atoms with Crippen molar-refractivity contribution in [3.63, 3.8) is 0 Å². The first kappa shape index (κ1) is 16.9. The zero-order valence-electron chi connectivity index (χ0n) is 13.9. The molecule has 3 rings (SSSR count). The summed E-state index contributed by atoms with van der Waals surface area (Å²) in [4.78, 5) is 17.0. The van der Waals surface area contributed by atoms with Crippen LogP contribution >= 0.6 is 11.8 Å². The molecule has 0 bridgehead atoms. The molecule has 2 aliphatic heterocycles. The highest BCUT2D eigenvalue weighted by Gasteiger charge is 2.29. The molecule has 0 saturated heterocycles. The quantitative estimate of drug-likeness (QED) is 0.673. The summed E-state index contributed by atoms with van der Waals surface area (Å²) in [5.41, 5.74) is 14.4. The minimum absolute atomic E-state index is 0.0595. The molecule has 0 aromatic heterocycles. The number of nitrogens with zero attached hydrogens (tertiary/aromatic N) is 1. The summed E-state index contributed by atoms with van der Waals surface area (Å²) in [6.45, 7) is 4.04. The second kappa shape index (κ2) is 6.86. The second-order valence-corrected chi connectivity index (χ2v) is 7.45. The van der Waals surface area contributed by atoms with E-state index in [2.05, 4.69) is 28.1 Å². The maximum atomic E-state index is 12.4. The molecule has 1 aromatic rings. The van der Waals surface area contributed by atoms with E-state index in [1.807, 2.05) is 37.3 Å². The Morgan fingerprint density at radius 3 is 3.04 bits per heavy atom. The highest BCUT2D eigenvalue weighted by atomic mass is 32.2. The van der Waals surface area contributed by atoms with Crippen LogP contribution in [0.15, 0.2) is 41.0 Å². The summed E-state index contributed by atoms with van der Waals surface area (Å²) in [6, 6.07) is 7.58. The number of nitrogens with one attached hydrogen (secondary N) is 3. The summed E-state index contributed by atoms with van der Waals surface area (Å²) in [7, 11) is 0. The van der Waals surface area contributed by atoms with Gasteiger partial charge in [-0.3, -0.25) is 9.79 Å². The van der Waals surface area contributed by atoms with E-state index >= 15 is 0 Å². The largest absolute Gasteiger partial charge is 0.379 e. The molecule has 1 amide bonds. The van der Waals surface area contributed by atoms with Gasteiger partial charge >= 0.3 is 0 Å². The van der Waals surface area contributed by atoms with Crippen molar-refractivity contribution in [3.05, 3.63) is 41.6 Å². The van der Waals surface area contributed by atoms with Gasteiger partial charge < -0.3 is 16.5 Å². The molecule has 0 fully saturated rings. The summed E-state index contributed by atoms with van der Waals surface area (Å²) >= 11 is 1.59. The fourth-order valence-corrected chi connectivity index (χ4v) is 3.81. The Morgan fingerprint density at radius 2 is 2.33 bits per heavy atom. The van der Waals surface area contributed by atoms with Gasteiger partial charge in [0.1, 0.15) is 6.04 Å². The Hall–Kier alpha value is -1.99. The van der Waals surface area contributed by atoms with E-state index < -0.39 is 0 Å². The number of hydrogen-bond acceptors (Lipinski definition) is 6. The summed E-state index contributed by atoms with van der Waals surface area (Å²) in [5.74, 6) is 0.891. The van der Waals surface area contributed by atoms with Gasteiger partial charge in [-0.2, -0.15) is 0 Å². The van der Waals surface area contributed by atoms with Crippen molar-refractivity contribution in [2.45, 2.75) is 38.3 Å². The van der Waals surface area contributed by atoms with E-state index in [4.69, 9.17) is 5.73 Å². The number of aliphatic imine (C=N–C) groups is 1. The third kappa shape index (κ3) is 3.73. The molecular weight excluding hydrogens is 322 g/mol. The molecule has 6 nitrogen and oxygen atoms in total. The molecule has 0 aliphatic carbocycles. The van der Waals surface area contributed by atoms with Gasteiger partial charge in [0.25, 0.3) is 0 Å². The van der Waals surface area contributed by atoms with Gasteiger partial charge in [0.2, 0.25) is 5.91 Å². The number of rotatable bonds is 3. The molecule has 2 unspecified atom stereocenters. The van der Waals surface area contributed by atoms with Gasteiger partial charge in [0, 0.05) is 17.1 Å². The number of hydrogen-bond donors (Lipinski definition) is 4. The third-order valence-electron chi connectivity index (χ3n) is 4.37. The molecule has 128 valence electrons. The molecule has 2 atom stereocenters. The monoisotopic (exact) mass is 345 g/mol. The van der Waals surface area contributed by atoms with E-state index in [0.717, 1.165) is 29.1 Å². The van der Waals surface area contributed by atoms with E-state index in [9.17, 15) is 4.79 Å². The highest BCUT2D eigenvalue weighted by Crippen LogP contribution is 2.35. The number of anilines is 1. The molecule has 0 spiro atoms. The fraction of sp³-hybridized carbons (Fsp3) is 0.412. The maximum Gasteiger partial charge on any atom is 0.243 e. The lowest BCUT2D eigenvalue weighted by Crippen LogP contribution is -2.49. The van der Waals surface area contributed by atoms with Crippen molar-refractivity contribution < 1.29 is 4.79 Å². The number of amides is 1. The maximum absolute atomic E-state index is 12.4. The number of thioether (sulfide) groups is 1. The standard InChI is InChI=1S/C17H23N5OS/c1-11-6-7-14(22-21-11)15(23)19-13-5-3-4-12(10-13)17(2)8-9-24-16(18)20-17/h3-6,10,14,21-22H,7-9H2,1-2H3,(H2,18,20)(H,19,23). The lowest BCUT2D eigenvalue weighted by atomic mass is 9.89. The van der Waals surface area contributed by atoms with Gasteiger partial charge in [0.15, 0.2) is 5.17 Å². The number of allylic oxidation sites excluding steroid dienone is 1. The van der Waals surface area contributed by atoms with Crippen LogP contribution in [0.3, 0.4) is 0 Å². The van der Waals surface area contributed by atoms with Crippen LogP contribution in [-0.4, -0.2) is 22.9 Å². The Balaban J connectivity index is 1.74. The Kier molecular flexibility index (Phi) is 4.82. The molecule has 24 heavy (non-hydrogen) atoms. The van der Waals surface area contributed by atoms with E-state index in [0.29, 0.717) is 11.6 Å². The van der Waals surface area contributed by atoms with Crippen molar-refractivity contribution >= 4 is 28.5 Å². The number of benzene rings is 1. The van der Waals surface area contributed by atoms with Gasteiger partial charge in [0.05, 0.1) is 5.54 Å². The average molecular weight is 345 g/mol. The van der Waals surface area contributed by atoms with Crippen LogP contribution < -0.4 is 21.9 Å². The normalized spacial score (nSPS) is 26.8. The van der Waals surface area contributed by atoms with Crippen molar-refractivity contribution in [2.75, 3.05) is 11.1 Å². The smallest absolute Gasteiger partial charge is 0.243 e. The van der Waals surface area contributed by atoms with Gasteiger partial charge in [-0.1, -0.05) is 30.0 Å². The molecule has 7 heteroatoms. The first-order valence-corrected chi connectivity index (χ1v) is 9.03.